The van der Waals surface area contributed by atoms with Crippen LogP contribution in [0.3, 0.4) is 0 Å². The summed E-state index contributed by atoms with van der Waals surface area (Å²) in [6.45, 7) is 14.0. The van der Waals surface area contributed by atoms with Gasteiger partial charge in [0.15, 0.2) is 24.2 Å². The molecule has 0 radical (unpaired) electrons. The molecular weight excluding hydrogens is 456 g/mol. The van der Waals surface area contributed by atoms with Crippen molar-refractivity contribution in [2.75, 3.05) is 6.61 Å². The maximum absolute atomic E-state index is 10.6. The number of rotatable bonds is 10. The second-order valence-corrected chi connectivity index (χ2v) is 11.3. The summed E-state index contributed by atoms with van der Waals surface area (Å²) in [5.74, 6) is -1.63. The molecule has 4 heterocycles. The van der Waals surface area contributed by atoms with E-state index in [0.29, 0.717) is 6.61 Å². The SMILES string of the molecule is CCCCCCCCO[C@@H]1O[C@@H](C)[C@H](O[C@@H]2O[C@@H](C)[C@H](O)[C@H]3OC(C)(C)O[C@@H]23)[C@H]2OC(C)(C)O[C@@H]12. The summed E-state index contributed by atoms with van der Waals surface area (Å²) in [4.78, 5) is 0. The fraction of sp³-hybridized carbons (Fsp3) is 1.00. The van der Waals surface area contributed by atoms with E-state index in [1.54, 1.807) is 6.92 Å². The number of hydrogen-bond acceptors (Lipinski definition) is 9. The molecule has 4 rings (SSSR count). The van der Waals surface area contributed by atoms with Gasteiger partial charge in [-0.3, -0.25) is 0 Å². The van der Waals surface area contributed by atoms with E-state index in [1.165, 1.54) is 25.7 Å². The van der Waals surface area contributed by atoms with E-state index < -0.39 is 66.9 Å². The highest BCUT2D eigenvalue weighted by Crippen LogP contribution is 2.42. The molecular formula is C26H46O9. The molecule has 9 nitrogen and oxygen atoms in total. The molecule has 4 aliphatic rings. The molecule has 10 atom stereocenters. The van der Waals surface area contributed by atoms with E-state index >= 15 is 0 Å². The summed E-state index contributed by atoms with van der Waals surface area (Å²) in [5, 5.41) is 10.6. The monoisotopic (exact) mass is 502 g/mol. The first-order valence-corrected chi connectivity index (χ1v) is 13.5. The van der Waals surface area contributed by atoms with Crippen LogP contribution in [0.1, 0.15) is 87.0 Å². The third-order valence-corrected chi connectivity index (χ3v) is 7.24. The lowest BCUT2D eigenvalue weighted by Gasteiger charge is -2.45. The van der Waals surface area contributed by atoms with E-state index in [2.05, 4.69) is 6.92 Å². The Bertz CT molecular complexity index is 686. The Balaban J connectivity index is 1.39. The molecule has 0 amide bonds. The lowest BCUT2D eigenvalue weighted by molar-refractivity contribution is -0.332. The lowest BCUT2D eigenvalue weighted by atomic mass is 9.97. The van der Waals surface area contributed by atoms with Crippen LogP contribution in [0.25, 0.3) is 0 Å². The van der Waals surface area contributed by atoms with E-state index in [-0.39, 0.29) is 6.10 Å². The second-order valence-electron chi connectivity index (χ2n) is 11.3. The van der Waals surface area contributed by atoms with Crippen molar-refractivity contribution in [2.45, 2.75) is 160 Å². The van der Waals surface area contributed by atoms with Crippen molar-refractivity contribution in [3.8, 4) is 0 Å². The van der Waals surface area contributed by atoms with Gasteiger partial charge in [0.05, 0.1) is 12.2 Å². The van der Waals surface area contributed by atoms with Crippen molar-refractivity contribution in [1.82, 2.24) is 0 Å². The lowest BCUT2D eigenvalue weighted by Crippen LogP contribution is -2.61. The Labute approximate surface area is 210 Å². The summed E-state index contributed by atoms with van der Waals surface area (Å²) in [5.41, 5.74) is 0. The topological polar surface area (TPSA) is 94.1 Å². The number of aliphatic hydroxyl groups is 1. The minimum atomic E-state index is -0.840. The highest BCUT2D eigenvalue weighted by atomic mass is 16.8. The average Bonchev–Trinajstić information content (AvgIpc) is 3.28. The first-order chi connectivity index (χ1) is 16.5. The van der Waals surface area contributed by atoms with Gasteiger partial charge in [0.25, 0.3) is 0 Å². The molecule has 35 heavy (non-hydrogen) atoms. The molecule has 0 spiro atoms. The number of aliphatic hydroxyl groups excluding tert-OH is 1. The van der Waals surface area contributed by atoms with Crippen molar-refractivity contribution in [1.29, 1.82) is 0 Å². The molecule has 0 aliphatic carbocycles. The fourth-order valence-corrected chi connectivity index (χ4v) is 5.51. The molecule has 204 valence electrons. The summed E-state index contributed by atoms with van der Waals surface area (Å²) < 4.78 is 49.5. The van der Waals surface area contributed by atoms with Gasteiger partial charge in [0.2, 0.25) is 0 Å². The Morgan fingerprint density at radius 3 is 1.91 bits per heavy atom. The molecule has 0 aromatic rings. The van der Waals surface area contributed by atoms with Crippen LogP contribution in [0.4, 0.5) is 0 Å². The van der Waals surface area contributed by atoms with Gasteiger partial charge in [0.1, 0.15) is 36.6 Å². The molecule has 0 aromatic heterocycles. The Kier molecular flexibility index (Phi) is 8.83. The molecule has 0 saturated carbocycles. The number of ether oxygens (including phenoxy) is 8. The van der Waals surface area contributed by atoms with Crippen molar-refractivity contribution in [2.24, 2.45) is 0 Å². The van der Waals surface area contributed by atoms with E-state index in [4.69, 9.17) is 37.9 Å². The molecule has 9 heteroatoms. The summed E-state index contributed by atoms with van der Waals surface area (Å²) in [7, 11) is 0. The zero-order valence-corrected chi connectivity index (χ0v) is 22.4. The van der Waals surface area contributed by atoms with Gasteiger partial charge in [-0.1, -0.05) is 39.0 Å². The van der Waals surface area contributed by atoms with Crippen molar-refractivity contribution in [3.05, 3.63) is 0 Å². The zero-order chi connectivity index (χ0) is 25.4. The van der Waals surface area contributed by atoms with Crippen LogP contribution in [0, 0.1) is 0 Å². The van der Waals surface area contributed by atoms with Gasteiger partial charge in [-0.2, -0.15) is 0 Å². The maximum Gasteiger partial charge on any atom is 0.187 e. The van der Waals surface area contributed by atoms with Gasteiger partial charge in [-0.05, 0) is 48.0 Å². The van der Waals surface area contributed by atoms with Crippen LogP contribution in [-0.2, 0) is 37.9 Å². The molecule has 0 bridgehead atoms. The Morgan fingerprint density at radius 1 is 0.686 bits per heavy atom. The smallest absolute Gasteiger partial charge is 0.187 e. The molecule has 4 saturated heterocycles. The predicted octanol–water partition coefficient (Wildman–Crippen LogP) is 3.64. The summed E-state index contributed by atoms with van der Waals surface area (Å²) >= 11 is 0. The number of fused-ring (bicyclic) bond motifs is 2. The maximum atomic E-state index is 10.6. The molecule has 4 aliphatic heterocycles. The normalized spacial score (nSPS) is 44.2. The Morgan fingerprint density at radius 2 is 1.23 bits per heavy atom. The number of unbranched alkanes of at least 4 members (excludes halogenated alkanes) is 5. The van der Waals surface area contributed by atoms with Crippen LogP contribution in [-0.4, -0.2) is 84.7 Å². The first-order valence-electron chi connectivity index (χ1n) is 13.5. The Hall–Kier alpha value is -0.360. The van der Waals surface area contributed by atoms with Crippen molar-refractivity contribution >= 4 is 0 Å². The van der Waals surface area contributed by atoms with Gasteiger partial charge in [-0.25, -0.2) is 0 Å². The summed E-state index contributed by atoms with van der Waals surface area (Å²) in [6.07, 6.45) is 1.87. The highest BCUT2D eigenvalue weighted by molar-refractivity contribution is 4.99. The quantitative estimate of drug-likeness (QED) is 0.449. The number of hydrogen-bond donors (Lipinski definition) is 1. The summed E-state index contributed by atoms with van der Waals surface area (Å²) in [6, 6.07) is 0. The average molecular weight is 503 g/mol. The van der Waals surface area contributed by atoms with Crippen LogP contribution in [0.5, 0.6) is 0 Å². The van der Waals surface area contributed by atoms with Crippen molar-refractivity contribution < 1.29 is 43.0 Å². The van der Waals surface area contributed by atoms with Crippen LogP contribution in [0.2, 0.25) is 0 Å². The van der Waals surface area contributed by atoms with E-state index in [9.17, 15) is 5.11 Å². The van der Waals surface area contributed by atoms with Gasteiger partial charge in [0, 0.05) is 6.61 Å². The predicted molar refractivity (Wildman–Crippen MR) is 127 cm³/mol. The minimum absolute atomic E-state index is 0.331. The standard InChI is InChI=1S/C26H46O9/c1-8-9-10-11-12-13-14-28-23-22-20(33-26(6,7)35-22)18(16(3)30-23)31-24-21-19(17(27)15(2)29-24)32-25(4,5)34-21/h15-24,27H,8-14H2,1-7H3/t15-,16-,17-,18-,19+,20+,21+,22+,23+,24-/m0/s1. The van der Waals surface area contributed by atoms with E-state index in [1.807, 2.05) is 34.6 Å². The highest BCUT2D eigenvalue weighted by Gasteiger charge is 2.59. The molecule has 4 fully saturated rings. The van der Waals surface area contributed by atoms with Crippen LogP contribution < -0.4 is 0 Å². The largest absolute Gasteiger partial charge is 0.388 e. The van der Waals surface area contributed by atoms with E-state index in [0.717, 1.165) is 12.8 Å². The third-order valence-electron chi connectivity index (χ3n) is 7.24. The molecule has 0 unspecified atom stereocenters. The van der Waals surface area contributed by atoms with Gasteiger partial charge >= 0.3 is 0 Å². The van der Waals surface area contributed by atoms with Gasteiger partial charge in [-0.15, -0.1) is 0 Å². The third kappa shape index (κ3) is 6.38. The fourth-order valence-electron chi connectivity index (χ4n) is 5.51. The minimum Gasteiger partial charge on any atom is -0.388 e. The van der Waals surface area contributed by atoms with Gasteiger partial charge < -0.3 is 43.0 Å². The first kappa shape index (κ1) is 27.7. The van der Waals surface area contributed by atoms with Crippen LogP contribution in [0.15, 0.2) is 0 Å². The van der Waals surface area contributed by atoms with Crippen molar-refractivity contribution in [3.63, 3.8) is 0 Å². The zero-order valence-electron chi connectivity index (χ0n) is 22.4. The molecule has 1 N–H and O–H groups in total. The van der Waals surface area contributed by atoms with Crippen LogP contribution >= 0.6 is 0 Å². The second kappa shape index (κ2) is 11.2. The molecule has 0 aromatic carbocycles.